The summed E-state index contributed by atoms with van der Waals surface area (Å²) < 4.78 is 9.86. The van der Waals surface area contributed by atoms with Crippen molar-refractivity contribution in [2.24, 2.45) is 0 Å². The van der Waals surface area contributed by atoms with Gasteiger partial charge in [-0.1, -0.05) is 13.3 Å². The zero-order chi connectivity index (χ0) is 13.5. The zero-order valence-electron chi connectivity index (χ0n) is 10.3. The minimum absolute atomic E-state index is 0.0601. The van der Waals surface area contributed by atoms with Gasteiger partial charge in [-0.15, -0.1) is 0 Å². The molecule has 0 bridgehead atoms. The summed E-state index contributed by atoms with van der Waals surface area (Å²) in [6.07, 6.45) is 0.659. The van der Waals surface area contributed by atoms with Crippen LogP contribution in [0.4, 0.5) is 10.5 Å². The number of hydrogen-bond donors (Lipinski definition) is 0. The van der Waals surface area contributed by atoms with Crippen molar-refractivity contribution in [3.8, 4) is 5.75 Å². The molecule has 6 heteroatoms. The first-order valence-corrected chi connectivity index (χ1v) is 5.66. The maximum atomic E-state index is 11.3. The molecule has 0 aliphatic heterocycles. The lowest BCUT2D eigenvalue weighted by Gasteiger charge is -2.11. The summed E-state index contributed by atoms with van der Waals surface area (Å²) >= 11 is 0. The van der Waals surface area contributed by atoms with Crippen LogP contribution in [0.3, 0.4) is 0 Å². The summed E-state index contributed by atoms with van der Waals surface area (Å²) in [6.45, 7) is 3.77. The Hall–Kier alpha value is -2.11. The summed E-state index contributed by atoms with van der Waals surface area (Å²) in [7, 11) is 0. The molecule has 1 atom stereocenters. The number of non-ortho nitro benzene ring substituents is 1. The number of nitro groups is 1. The standard InChI is InChI=1S/C12H15NO5/c1-3-4-9(2)17-12(14)18-11-7-5-10(6-8-11)13(15)16/h5-9H,3-4H2,1-2H3/t9-/m0/s1. The normalized spacial score (nSPS) is 11.7. The molecule has 0 saturated carbocycles. The van der Waals surface area contributed by atoms with Crippen LogP contribution in [0, 0.1) is 10.1 Å². The molecular formula is C12H15NO5. The average Bonchev–Trinajstić information content (AvgIpc) is 2.29. The number of ether oxygens (including phenoxy) is 2. The summed E-state index contributed by atoms with van der Waals surface area (Å²) in [5.41, 5.74) is -0.0601. The molecule has 0 aliphatic rings. The highest BCUT2D eigenvalue weighted by atomic mass is 16.7. The van der Waals surface area contributed by atoms with Gasteiger partial charge in [0.25, 0.3) is 5.69 Å². The second kappa shape index (κ2) is 6.58. The molecule has 1 rings (SSSR count). The van der Waals surface area contributed by atoms with Gasteiger partial charge in [0.2, 0.25) is 0 Å². The fraction of sp³-hybridized carbons (Fsp3) is 0.417. The smallest absolute Gasteiger partial charge is 0.431 e. The number of rotatable bonds is 5. The number of hydrogen-bond acceptors (Lipinski definition) is 5. The van der Waals surface area contributed by atoms with E-state index in [2.05, 4.69) is 0 Å². The molecule has 0 radical (unpaired) electrons. The summed E-state index contributed by atoms with van der Waals surface area (Å²) in [5.74, 6) is 0.217. The van der Waals surface area contributed by atoms with Crippen molar-refractivity contribution in [1.82, 2.24) is 0 Å². The first-order valence-electron chi connectivity index (χ1n) is 5.66. The van der Waals surface area contributed by atoms with Crippen molar-refractivity contribution in [3.05, 3.63) is 34.4 Å². The topological polar surface area (TPSA) is 78.7 Å². The van der Waals surface area contributed by atoms with Crippen LogP contribution in [0.1, 0.15) is 26.7 Å². The lowest BCUT2D eigenvalue weighted by Crippen LogP contribution is -2.18. The molecule has 0 fully saturated rings. The van der Waals surface area contributed by atoms with E-state index >= 15 is 0 Å². The van der Waals surface area contributed by atoms with Crippen LogP contribution < -0.4 is 4.74 Å². The number of benzene rings is 1. The Morgan fingerprint density at radius 3 is 2.50 bits per heavy atom. The first kappa shape index (κ1) is 14.0. The van der Waals surface area contributed by atoms with Crippen molar-refractivity contribution in [3.63, 3.8) is 0 Å². The van der Waals surface area contributed by atoms with E-state index in [9.17, 15) is 14.9 Å². The van der Waals surface area contributed by atoms with E-state index in [-0.39, 0.29) is 17.5 Å². The van der Waals surface area contributed by atoms with Crippen LogP contribution in [0.25, 0.3) is 0 Å². The maximum Gasteiger partial charge on any atom is 0.514 e. The monoisotopic (exact) mass is 253 g/mol. The largest absolute Gasteiger partial charge is 0.514 e. The van der Waals surface area contributed by atoms with E-state index in [1.54, 1.807) is 6.92 Å². The van der Waals surface area contributed by atoms with Crippen LogP contribution in [0.2, 0.25) is 0 Å². The van der Waals surface area contributed by atoms with Crippen molar-refractivity contribution < 1.29 is 19.2 Å². The summed E-state index contributed by atoms with van der Waals surface area (Å²) in [4.78, 5) is 21.2. The SMILES string of the molecule is CCC[C@H](C)OC(=O)Oc1ccc([N+](=O)[O-])cc1. The van der Waals surface area contributed by atoms with Gasteiger partial charge >= 0.3 is 6.16 Å². The highest BCUT2D eigenvalue weighted by molar-refractivity contribution is 5.64. The third kappa shape index (κ3) is 4.40. The van der Waals surface area contributed by atoms with Crippen LogP contribution in [0.15, 0.2) is 24.3 Å². The maximum absolute atomic E-state index is 11.3. The number of carbonyl (C=O) groups excluding carboxylic acids is 1. The predicted octanol–water partition coefficient (Wildman–Crippen LogP) is 3.30. The molecule has 0 N–H and O–H groups in total. The molecule has 0 aromatic heterocycles. The minimum atomic E-state index is -0.801. The Morgan fingerprint density at radius 2 is 2.00 bits per heavy atom. The summed E-state index contributed by atoms with van der Waals surface area (Å²) in [5, 5.41) is 10.4. The Bertz CT molecular complexity index is 415. The predicted molar refractivity (Wildman–Crippen MR) is 64.6 cm³/mol. The van der Waals surface area contributed by atoms with E-state index < -0.39 is 11.1 Å². The third-order valence-corrected chi connectivity index (χ3v) is 2.24. The highest BCUT2D eigenvalue weighted by Crippen LogP contribution is 2.18. The second-order valence-corrected chi connectivity index (χ2v) is 3.82. The molecule has 0 unspecified atom stereocenters. The van der Waals surface area contributed by atoms with Crippen molar-refractivity contribution in [2.75, 3.05) is 0 Å². The van der Waals surface area contributed by atoms with Gasteiger partial charge in [-0.25, -0.2) is 4.79 Å². The van der Waals surface area contributed by atoms with Crippen molar-refractivity contribution in [2.45, 2.75) is 32.8 Å². The molecule has 0 amide bonds. The molecule has 18 heavy (non-hydrogen) atoms. The Morgan fingerprint density at radius 1 is 1.39 bits per heavy atom. The van der Waals surface area contributed by atoms with Gasteiger partial charge in [-0.2, -0.15) is 0 Å². The van der Waals surface area contributed by atoms with E-state index in [0.29, 0.717) is 0 Å². The average molecular weight is 253 g/mol. The van der Waals surface area contributed by atoms with Gasteiger partial charge in [0.1, 0.15) is 11.9 Å². The molecule has 1 aromatic rings. The van der Waals surface area contributed by atoms with Gasteiger partial charge in [0, 0.05) is 12.1 Å². The van der Waals surface area contributed by atoms with E-state index in [0.717, 1.165) is 12.8 Å². The fourth-order valence-electron chi connectivity index (χ4n) is 1.39. The molecule has 0 spiro atoms. The Kier molecular flexibility index (Phi) is 5.10. The second-order valence-electron chi connectivity index (χ2n) is 3.82. The Labute approximate surface area is 105 Å². The van der Waals surface area contributed by atoms with Gasteiger partial charge < -0.3 is 9.47 Å². The number of nitro benzene ring substituents is 1. The van der Waals surface area contributed by atoms with E-state index in [1.807, 2.05) is 6.92 Å². The van der Waals surface area contributed by atoms with Gasteiger partial charge in [0.05, 0.1) is 4.92 Å². The Balaban J connectivity index is 2.51. The molecular weight excluding hydrogens is 238 g/mol. The van der Waals surface area contributed by atoms with E-state index in [1.165, 1.54) is 24.3 Å². The van der Waals surface area contributed by atoms with Crippen molar-refractivity contribution >= 4 is 11.8 Å². The first-order chi connectivity index (χ1) is 8.52. The number of nitrogens with zero attached hydrogens (tertiary/aromatic N) is 1. The highest BCUT2D eigenvalue weighted by Gasteiger charge is 2.12. The van der Waals surface area contributed by atoms with E-state index in [4.69, 9.17) is 9.47 Å². The summed E-state index contributed by atoms with van der Waals surface area (Å²) in [6, 6.07) is 5.23. The number of carbonyl (C=O) groups is 1. The van der Waals surface area contributed by atoms with Crippen molar-refractivity contribution in [1.29, 1.82) is 0 Å². The lowest BCUT2D eigenvalue weighted by atomic mass is 10.2. The lowest BCUT2D eigenvalue weighted by molar-refractivity contribution is -0.384. The molecule has 0 aliphatic carbocycles. The molecule has 98 valence electrons. The molecule has 0 saturated heterocycles. The van der Waals surface area contributed by atoms with Gasteiger partial charge in [0.15, 0.2) is 0 Å². The van der Waals surface area contributed by atoms with Gasteiger partial charge in [-0.05, 0) is 25.5 Å². The molecule has 1 aromatic carbocycles. The minimum Gasteiger partial charge on any atom is -0.431 e. The van der Waals surface area contributed by atoms with Crippen LogP contribution in [0.5, 0.6) is 5.75 Å². The zero-order valence-corrected chi connectivity index (χ0v) is 10.3. The third-order valence-electron chi connectivity index (χ3n) is 2.24. The molecule has 0 heterocycles. The molecule has 6 nitrogen and oxygen atoms in total. The van der Waals surface area contributed by atoms with Crippen LogP contribution in [-0.2, 0) is 4.74 Å². The quantitative estimate of drug-likeness (QED) is 0.348. The van der Waals surface area contributed by atoms with Gasteiger partial charge in [-0.3, -0.25) is 10.1 Å². The fourth-order valence-corrected chi connectivity index (χ4v) is 1.39. The van der Waals surface area contributed by atoms with Crippen LogP contribution in [-0.4, -0.2) is 17.2 Å². The van der Waals surface area contributed by atoms with Crippen LogP contribution >= 0.6 is 0 Å².